The first kappa shape index (κ1) is 14.8. The Morgan fingerprint density at radius 3 is 2.95 bits per heavy atom. The molecule has 1 aromatic carbocycles. The van der Waals surface area contributed by atoms with Crippen LogP contribution in [0.5, 0.6) is 5.75 Å². The fourth-order valence-corrected chi connectivity index (χ4v) is 2.20. The van der Waals surface area contributed by atoms with Crippen molar-refractivity contribution in [2.45, 2.75) is 32.4 Å². The molecule has 1 fully saturated rings. The van der Waals surface area contributed by atoms with Crippen LogP contribution in [-0.2, 0) is 9.53 Å². The van der Waals surface area contributed by atoms with Crippen LogP contribution in [0.15, 0.2) is 24.3 Å². The number of carbonyl (C=O) groups is 1. The first-order chi connectivity index (χ1) is 9.56. The predicted octanol–water partition coefficient (Wildman–Crippen LogP) is 2.13. The topological polar surface area (TPSA) is 47.6 Å². The lowest BCUT2D eigenvalue weighted by molar-refractivity contribution is -0.128. The van der Waals surface area contributed by atoms with E-state index in [1.807, 2.05) is 6.92 Å². The average Bonchev–Trinajstić information content (AvgIpc) is 2.92. The van der Waals surface area contributed by atoms with E-state index in [9.17, 15) is 9.18 Å². The molecule has 3 atom stereocenters. The molecule has 0 aromatic heterocycles. The molecule has 0 radical (unpaired) electrons. The summed E-state index contributed by atoms with van der Waals surface area (Å²) in [7, 11) is 0. The molecular formula is C15H20FNO3. The van der Waals surface area contributed by atoms with E-state index < -0.39 is 6.10 Å². The van der Waals surface area contributed by atoms with E-state index >= 15 is 0 Å². The van der Waals surface area contributed by atoms with Crippen LogP contribution in [0, 0.1) is 11.7 Å². The maximum Gasteiger partial charge on any atom is 0.260 e. The highest BCUT2D eigenvalue weighted by atomic mass is 19.1. The Morgan fingerprint density at radius 2 is 2.30 bits per heavy atom. The van der Waals surface area contributed by atoms with Crippen LogP contribution in [0.2, 0.25) is 0 Å². The van der Waals surface area contributed by atoms with Gasteiger partial charge in [0, 0.05) is 24.6 Å². The molecule has 0 saturated carbocycles. The van der Waals surface area contributed by atoms with Gasteiger partial charge in [0.05, 0.1) is 6.61 Å². The molecule has 1 heterocycles. The van der Waals surface area contributed by atoms with Crippen molar-refractivity contribution in [2.75, 3.05) is 13.2 Å². The zero-order valence-corrected chi connectivity index (χ0v) is 11.8. The minimum absolute atomic E-state index is 0.0450. The smallest absolute Gasteiger partial charge is 0.260 e. The van der Waals surface area contributed by atoms with Crippen molar-refractivity contribution in [1.82, 2.24) is 5.32 Å². The summed E-state index contributed by atoms with van der Waals surface area (Å²) in [4.78, 5) is 12.0. The molecule has 1 saturated heterocycles. The SMILES string of the molecule is C[C@H](Oc1cccc(F)c1)C(=O)N[C@@H](C)[C@H]1CCOC1. The third-order valence-corrected chi connectivity index (χ3v) is 3.52. The Balaban J connectivity index is 1.85. The van der Waals surface area contributed by atoms with Crippen molar-refractivity contribution >= 4 is 5.91 Å². The van der Waals surface area contributed by atoms with E-state index in [2.05, 4.69) is 5.32 Å². The Kier molecular flexibility index (Phi) is 4.95. The average molecular weight is 281 g/mol. The van der Waals surface area contributed by atoms with Crippen molar-refractivity contribution in [3.8, 4) is 5.75 Å². The minimum Gasteiger partial charge on any atom is -0.481 e. The number of carbonyl (C=O) groups excluding carboxylic acids is 1. The number of rotatable bonds is 5. The van der Waals surface area contributed by atoms with Crippen molar-refractivity contribution < 1.29 is 18.7 Å². The van der Waals surface area contributed by atoms with E-state index in [4.69, 9.17) is 9.47 Å². The molecule has 1 amide bonds. The summed E-state index contributed by atoms with van der Waals surface area (Å²) in [6.07, 6.45) is 0.294. The third kappa shape index (κ3) is 3.93. The van der Waals surface area contributed by atoms with Crippen LogP contribution in [0.3, 0.4) is 0 Å². The van der Waals surface area contributed by atoms with E-state index in [1.54, 1.807) is 19.1 Å². The van der Waals surface area contributed by atoms with Gasteiger partial charge in [0.2, 0.25) is 0 Å². The fourth-order valence-electron chi connectivity index (χ4n) is 2.20. The molecule has 1 aliphatic heterocycles. The van der Waals surface area contributed by atoms with Gasteiger partial charge >= 0.3 is 0 Å². The number of hydrogen-bond donors (Lipinski definition) is 1. The van der Waals surface area contributed by atoms with Crippen LogP contribution in [0.4, 0.5) is 4.39 Å². The number of hydrogen-bond acceptors (Lipinski definition) is 3. The Morgan fingerprint density at radius 1 is 1.50 bits per heavy atom. The van der Waals surface area contributed by atoms with Gasteiger partial charge in [0.1, 0.15) is 11.6 Å². The molecule has 0 aliphatic carbocycles. The van der Waals surface area contributed by atoms with Crippen LogP contribution >= 0.6 is 0 Å². The highest BCUT2D eigenvalue weighted by Crippen LogP contribution is 2.17. The van der Waals surface area contributed by atoms with Gasteiger partial charge in [0.15, 0.2) is 6.10 Å². The fraction of sp³-hybridized carbons (Fsp3) is 0.533. The Bertz CT molecular complexity index is 460. The summed E-state index contributed by atoms with van der Waals surface area (Å²) >= 11 is 0. The first-order valence-electron chi connectivity index (χ1n) is 6.86. The summed E-state index contributed by atoms with van der Waals surface area (Å²) in [5, 5.41) is 2.92. The summed E-state index contributed by atoms with van der Waals surface area (Å²) in [5.41, 5.74) is 0. The van der Waals surface area contributed by atoms with Crippen molar-refractivity contribution in [3.05, 3.63) is 30.1 Å². The Labute approximate surface area is 118 Å². The zero-order chi connectivity index (χ0) is 14.5. The van der Waals surface area contributed by atoms with Gasteiger partial charge in [-0.3, -0.25) is 4.79 Å². The largest absolute Gasteiger partial charge is 0.481 e. The highest BCUT2D eigenvalue weighted by molar-refractivity contribution is 5.81. The molecule has 1 aliphatic rings. The number of nitrogens with one attached hydrogen (secondary N) is 1. The van der Waals surface area contributed by atoms with Crippen molar-refractivity contribution in [3.63, 3.8) is 0 Å². The van der Waals surface area contributed by atoms with E-state index in [1.165, 1.54) is 12.1 Å². The maximum atomic E-state index is 13.0. The van der Waals surface area contributed by atoms with Gasteiger partial charge in [-0.2, -0.15) is 0 Å². The number of benzene rings is 1. The highest BCUT2D eigenvalue weighted by Gasteiger charge is 2.25. The lowest BCUT2D eigenvalue weighted by atomic mass is 10.0. The van der Waals surface area contributed by atoms with E-state index in [0.29, 0.717) is 18.3 Å². The molecule has 0 unspecified atom stereocenters. The second-order valence-corrected chi connectivity index (χ2v) is 5.14. The molecule has 0 spiro atoms. The number of halogens is 1. The lowest BCUT2D eigenvalue weighted by Gasteiger charge is -2.22. The van der Waals surface area contributed by atoms with Gasteiger partial charge < -0.3 is 14.8 Å². The monoisotopic (exact) mass is 281 g/mol. The van der Waals surface area contributed by atoms with Gasteiger partial charge in [-0.1, -0.05) is 6.07 Å². The molecule has 1 aromatic rings. The summed E-state index contributed by atoms with van der Waals surface area (Å²) in [6, 6.07) is 5.82. The van der Waals surface area contributed by atoms with Crippen molar-refractivity contribution in [1.29, 1.82) is 0 Å². The van der Waals surface area contributed by atoms with Crippen LogP contribution in [0.1, 0.15) is 20.3 Å². The lowest BCUT2D eigenvalue weighted by Crippen LogP contribution is -2.44. The number of amides is 1. The van der Waals surface area contributed by atoms with E-state index in [-0.39, 0.29) is 17.8 Å². The molecule has 1 N–H and O–H groups in total. The summed E-state index contributed by atoms with van der Waals surface area (Å²) in [6.45, 7) is 5.05. The van der Waals surface area contributed by atoms with Gasteiger partial charge in [-0.25, -0.2) is 4.39 Å². The van der Waals surface area contributed by atoms with Gasteiger partial charge in [0.25, 0.3) is 5.91 Å². The van der Waals surface area contributed by atoms with Gasteiger partial charge in [-0.15, -0.1) is 0 Å². The predicted molar refractivity (Wildman–Crippen MR) is 73.0 cm³/mol. The molecular weight excluding hydrogens is 261 g/mol. The Hall–Kier alpha value is -1.62. The number of ether oxygens (including phenoxy) is 2. The molecule has 2 rings (SSSR count). The minimum atomic E-state index is -0.665. The second-order valence-electron chi connectivity index (χ2n) is 5.14. The molecule has 0 bridgehead atoms. The maximum absolute atomic E-state index is 13.0. The first-order valence-corrected chi connectivity index (χ1v) is 6.86. The zero-order valence-electron chi connectivity index (χ0n) is 11.8. The molecule has 5 heteroatoms. The molecule has 20 heavy (non-hydrogen) atoms. The standard InChI is InChI=1S/C15H20FNO3/c1-10(12-6-7-19-9-12)17-15(18)11(2)20-14-5-3-4-13(16)8-14/h3-5,8,10-12H,6-7,9H2,1-2H3,(H,17,18)/t10-,11-,12-/m0/s1. The van der Waals surface area contributed by atoms with Crippen LogP contribution < -0.4 is 10.1 Å². The van der Waals surface area contributed by atoms with E-state index in [0.717, 1.165) is 13.0 Å². The van der Waals surface area contributed by atoms with Gasteiger partial charge in [-0.05, 0) is 32.4 Å². The summed E-state index contributed by atoms with van der Waals surface area (Å²) < 4.78 is 23.8. The van der Waals surface area contributed by atoms with Crippen molar-refractivity contribution in [2.24, 2.45) is 5.92 Å². The van der Waals surface area contributed by atoms with Crippen LogP contribution in [0.25, 0.3) is 0 Å². The molecule has 110 valence electrons. The third-order valence-electron chi connectivity index (χ3n) is 3.52. The quantitative estimate of drug-likeness (QED) is 0.899. The normalized spacial score (nSPS) is 21.2. The molecule has 4 nitrogen and oxygen atoms in total. The second kappa shape index (κ2) is 6.70. The summed E-state index contributed by atoms with van der Waals surface area (Å²) in [5.74, 6) is 0.116. The van der Waals surface area contributed by atoms with Crippen LogP contribution in [-0.4, -0.2) is 31.3 Å².